The molecule has 2 aromatic rings. The van der Waals surface area contributed by atoms with E-state index in [4.69, 9.17) is 5.11 Å². The lowest BCUT2D eigenvalue weighted by atomic mass is 9.87. The summed E-state index contributed by atoms with van der Waals surface area (Å²) in [5, 5.41) is 11.1. The van der Waals surface area contributed by atoms with E-state index in [9.17, 15) is 4.79 Å². The number of carboxylic acid groups (broad SMARTS) is 1. The van der Waals surface area contributed by atoms with E-state index in [1.807, 2.05) is 23.8 Å². The number of hydrogen-bond acceptors (Lipinski definition) is 3. The maximum atomic E-state index is 11.0. The van der Waals surface area contributed by atoms with Crippen LogP contribution in [0.3, 0.4) is 0 Å². The van der Waals surface area contributed by atoms with Gasteiger partial charge in [-0.3, -0.25) is 4.79 Å². The topological polar surface area (TPSA) is 55.1 Å². The van der Waals surface area contributed by atoms with Gasteiger partial charge in [0, 0.05) is 18.9 Å². The van der Waals surface area contributed by atoms with Gasteiger partial charge in [0.15, 0.2) is 0 Å². The molecule has 0 unspecified atom stereocenters. The van der Waals surface area contributed by atoms with E-state index in [1.165, 1.54) is 4.88 Å². The van der Waals surface area contributed by atoms with Gasteiger partial charge in [-0.25, -0.2) is 4.98 Å². The Morgan fingerprint density at radius 3 is 2.90 bits per heavy atom. The molecule has 1 N–H and O–H groups in total. The fourth-order valence-corrected chi connectivity index (χ4v) is 2.81. The van der Waals surface area contributed by atoms with Crippen LogP contribution < -0.4 is 0 Å². The van der Waals surface area contributed by atoms with Crippen LogP contribution in [0.5, 0.6) is 0 Å². The Labute approximate surface area is 123 Å². The van der Waals surface area contributed by atoms with Gasteiger partial charge in [-0.05, 0) is 38.1 Å². The number of rotatable bonds is 7. The summed E-state index contributed by atoms with van der Waals surface area (Å²) in [5.41, 5.74) is -0.633. The lowest BCUT2D eigenvalue weighted by Crippen LogP contribution is -2.23. The largest absolute Gasteiger partial charge is 0.481 e. The van der Waals surface area contributed by atoms with Crippen LogP contribution in [-0.4, -0.2) is 20.6 Å². The number of unbranched alkanes of at least 4 members (excludes halogenated alkanes) is 1. The van der Waals surface area contributed by atoms with Crippen molar-refractivity contribution in [2.75, 3.05) is 0 Å². The number of imidazole rings is 1. The number of carbonyl (C=O) groups is 1. The summed E-state index contributed by atoms with van der Waals surface area (Å²) >= 11 is 1.68. The van der Waals surface area contributed by atoms with Crippen LogP contribution in [-0.2, 0) is 11.3 Å². The van der Waals surface area contributed by atoms with Crippen molar-refractivity contribution in [1.29, 1.82) is 0 Å². The van der Waals surface area contributed by atoms with Crippen LogP contribution in [0, 0.1) is 5.41 Å². The Bertz CT molecular complexity index is 558. The number of hydrogen-bond donors (Lipinski definition) is 1. The number of thiophene rings is 1. The molecular formula is C15H20N2O2S. The highest BCUT2D eigenvalue weighted by molar-refractivity contribution is 7.13. The molecule has 2 aromatic heterocycles. The Balaban J connectivity index is 1.87. The van der Waals surface area contributed by atoms with E-state index >= 15 is 0 Å². The molecule has 2 heterocycles. The molecule has 0 saturated carbocycles. The van der Waals surface area contributed by atoms with Gasteiger partial charge in [-0.2, -0.15) is 0 Å². The zero-order valence-corrected chi connectivity index (χ0v) is 12.7. The molecule has 0 aromatic carbocycles. The van der Waals surface area contributed by atoms with Crippen molar-refractivity contribution in [3.05, 3.63) is 29.9 Å². The molecule has 0 amide bonds. The van der Waals surface area contributed by atoms with E-state index in [0.717, 1.165) is 25.2 Å². The van der Waals surface area contributed by atoms with Gasteiger partial charge < -0.3 is 9.67 Å². The van der Waals surface area contributed by atoms with E-state index in [2.05, 4.69) is 15.6 Å². The van der Waals surface area contributed by atoms with E-state index in [0.29, 0.717) is 6.42 Å². The minimum absolute atomic E-state index is 0.633. The Morgan fingerprint density at radius 1 is 1.45 bits per heavy atom. The molecule has 0 radical (unpaired) electrons. The second-order valence-corrected chi connectivity index (χ2v) is 6.52. The van der Waals surface area contributed by atoms with Crippen molar-refractivity contribution >= 4 is 17.3 Å². The standard InChI is InChI=1S/C15H20N2O2S/c1-15(2,14(18)19)7-3-4-9-17-10-8-16-13(17)12-6-5-11-20-12/h5-6,8,10-11H,3-4,7,9H2,1-2H3,(H,18,19). The first-order chi connectivity index (χ1) is 9.50. The van der Waals surface area contributed by atoms with E-state index < -0.39 is 11.4 Å². The van der Waals surface area contributed by atoms with Gasteiger partial charge in [0.05, 0.1) is 10.3 Å². The number of carboxylic acids is 1. The van der Waals surface area contributed by atoms with E-state index in [-0.39, 0.29) is 0 Å². The minimum atomic E-state index is -0.723. The maximum Gasteiger partial charge on any atom is 0.309 e. The summed E-state index contributed by atoms with van der Waals surface area (Å²) in [6.45, 7) is 4.44. The van der Waals surface area contributed by atoms with Crippen molar-refractivity contribution in [3.8, 4) is 10.7 Å². The van der Waals surface area contributed by atoms with Crippen LogP contribution in [0.2, 0.25) is 0 Å². The molecule has 4 nitrogen and oxygen atoms in total. The van der Waals surface area contributed by atoms with Gasteiger partial charge in [0.2, 0.25) is 0 Å². The first-order valence-electron chi connectivity index (χ1n) is 6.79. The SMILES string of the molecule is CC(C)(CCCCn1ccnc1-c1cccs1)C(=O)O. The molecule has 0 atom stereocenters. The predicted molar refractivity (Wildman–Crippen MR) is 80.8 cm³/mol. The van der Waals surface area contributed by atoms with E-state index in [1.54, 1.807) is 25.2 Å². The molecule has 0 spiro atoms. The highest BCUT2D eigenvalue weighted by Crippen LogP contribution is 2.25. The average molecular weight is 292 g/mol. The van der Waals surface area contributed by atoms with Crippen LogP contribution in [0.15, 0.2) is 29.9 Å². The van der Waals surface area contributed by atoms with Gasteiger partial charge >= 0.3 is 5.97 Å². The molecule has 20 heavy (non-hydrogen) atoms. The number of aryl methyl sites for hydroxylation is 1. The first-order valence-corrected chi connectivity index (χ1v) is 7.67. The molecule has 0 aliphatic heterocycles. The summed E-state index contributed by atoms with van der Waals surface area (Å²) in [5.74, 6) is 0.275. The highest BCUT2D eigenvalue weighted by atomic mass is 32.1. The average Bonchev–Trinajstić information content (AvgIpc) is 3.04. The zero-order chi connectivity index (χ0) is 14.6. The number of aromatic nitrogens is 2. The quantitative estimate of drug-likeness (QED) is 0.788. The summed E-state index contributed by atoms with van der Waals surface area (Å²) in [6.07, 6.45) is 6.37. The van der Waals surface area contributed by atoms with Gasteiger partial charge in [0.25, 0.3) is 0 Å². The van der Waals surface area contributed by atoms with Crippen LogP contribution >= 0.6 is 11.3 Å². The number of nitrogens with zero attached hydrogens (tertiary/aromatic N) is 2. The molecule has 108 valence electrons. The summed E-state index contributed by atoms with van der Waals surface area (Å²) in [4.78, 5) is 16.6. The van der Waals surface area contributed by atoms with Crippen molar-refractivity contribution in [2.24, 2.45) is 5.41 Å². The molecule has 0 fully saturated rings. The second kappa shape index (κ2) is 6.22. The summed E-state index contributed by atoms with van der Waals surface area (Å²) in [7, 11) is 0. The molecule has 0 aliphatic rings. The molecule has 5 heteroatoms. The zero-order valence-electron chi connectivity index (χ0n) is 11.9. The number of aliphatic carboxylic acids is 1. The first kappa shape index (κ1) is 14.8. The van der Waals surface area contributed by atoms with Crippen LogP contribution in [0.1, 0.15) is 33.1 Å². The lowest BCUT2D eigenvalue weighted by molar-refractivity contribution is -0.147. The highest BCUT2D eigenvalue weighted by Gasteiger charge is 2.26. The van der Waals surface area contributed by atoms with Crippen molar-refractivity contribution in [3.63, 3.8) is 0 Å². The lowest BCUT2D eigenvalue weighted by Gasteiger charge is -2.18. The fraction of sp³-hybridized carbons (Fsp3) is 0.467. The second-order valence-electron chi connectivity index (χ2n) is 5.57. The monoisotopic (exact) mass is 292 g/mol. The van der Waals surface area contributed by atoms with Crippen molar-refractivity contribution < 1.29 is 9.90 Å². The normalized spacial score (nSPS) is 11.7. The van der Waals surface area contributed by atoms with Crippen molar-refractivity contribution in [2.45, 2.75) is 39.7 Å². The molecular weight excluding hydrogens is 272 g/mol. The summed E-state index contributed by atoms with van der Waals surface area (Å²) < 4.78 is 2.14. The maximum absolute atomic E-state index is 11.0. The Morgan fingerprint density at radius 2 is 2.25 bits per heavy atom. The third-order valence-corrected chi connectivity index (χ3v) is 4.35. The molecule has 0 bridgehead atoms. The van der Waals surface area contributed by atoms with Gasteiger partial charge in [0.1, 0.15) is 5.82 Å². The third kappa shape index (κ3) is 3.48. The van der Waals surface area contributed by atoms with Crippen LogP contribution in [0.4, 0.5) is 0 Å². The van der Waals surface area contributed by atoms with Gasteiger partial charge in [-0.1, -0.05) is 12.5 Å². The minimum Gasteiger partial charge on any atom is -0.481 e. The predicted octanol–water partition coefficient (Wildman–Crippen LogP) is 3.89. The third-order valence-electron chi connectivity index (χ3n) is 3.49. The van der Waals surface area contributed by atoms with Crippen LogP contribution in [0.25, 0.3) is 10.7 Å². The smallest absolute Gasteiger partial charge is 0.309 e. The summed E-state index contributed by atoms with van der Waals surface area (Å²) in [6, 6.07) is 4.09. The molecule has 0 aliphatic carbocycles. The molecule has 0 saturated heterocycles. The Kier molecular flexibility index (Phi) is 4.60. The fourth-order valence-electron chi connectivity index (χ4n) is 2.08. The van der Waals surface area contributed by atoms with Gasteiger partial charge in [-0.15, -0.1) is 11.3 Å². The Hall–Kier alpha value is -1.62. The van der Waals surface area contributed by atoms with Crippen molar-refractivity contribution in [1.82, 2.24) is 9.55 Å². The molecule has 2 rings (SSSR count).